The van der Waals surface area contributed by atoms with E-state index in [0.717, 1.165) is 38.9 Å². The van der Waals surface area contributed by atoms with E-state index in [2.05, 4.69) is 65.2 Å². The van der Waals surface area contributed by atoms with Crippen LogP contribution < -0.4 is 0 Å². The van der Waals surface area contributed by atoms with Crippen molar-refractivity contribution in [2.75, 3.05) is 0 Å². The van der Waals surface area contributed by atoms with E-state index in [9.17, 15) is 5.11 Å². The Labute approximate surface area is 393 Å². The molecule has 9 rings (SSSR count). The van der Waals surface area contributed by atoms with Gasteiger partial charge in [-0.15, -0.1) is 0 Å². The van der Waals surface area contributed by atoms with Crippen LogP contribution in [0.5, 0.6) is 5.75 Å². The first-order valence-electron chi connectivity index (χ1n) is 26.8. The highest BCUT2D eigenvalue weighted by Gasteiger charge is 2.26. The number of pyridine rings is 1. The van der Waals surface area contributed by atoms with Crippen LogP contribution in [0.1, 0.15) is 102 Å². The van der Waals surface area contributed by atoms with Gasteiger partial charge in [0.1, 0.15) is 11.6 Å². The summed E-state index contributed by atoms with van der Waals surface area (Å²) in [6.45, 7) is 9.34. The molecule has 9 aromatic rings. The SMILES string of the molecule is [2H]c1c([2H])c(C([2H])([2H])[2H])c([2H])c([2H])c1-c1ccnc(-c2cc(-c3cccc4c3nc(-c3cc(C(C)C)cc(C(C)C)c3O)n4-c3cc(-c4ccccc4)c(C([2H])([2H])[2H])cc3-c3ccccc3)cc(C(C)(C)C)c2)c1. The number of phenols is 1. The van der Waals surface area contributed by atoms with Gasteiger partial charge in [0, 0.05) is 31.1 Å². The van der Waals surface area contributed by atoms with Crippen LogP contribution in [0.3, 0.4) is 0 Å². The van der Waals surface area contributed by atoms with Crippen LogP contribution in [0, 0.1) is 13.7 Å². The summed E-state index contributed by atoms with van der Waals surface area (Å²) in [6.07, 6.45) is 1.54. The van der Waals surface area contributed by atoms with Gasteiger partial charge < -0.3 is 5.11 Å². The average molecular weight is 846 g/mol. The molecule has 0 bridgehead atoms. The third-order valence-corrected chi connectivity index (χ3v) is 12.0. The normalized spacial score (nSPS) is 14.5. The molecule has 0 unspecified atom stereocenters. The number of imidazole rings is 1. The highest BCUT2D eigenvalue weighted by molar-refractivity contribution is 5.98. The lowest BCUT2D eigenvalue weighted by atomic mass is 9.83. The van der Waals surface area contributed by atoms with Crippen molar-refractivity contribution in [2.24, 2.45) is 0 Å². The Morgan fingerprint density at radius 2 is 1.30 bits per heavy atom. The zero-order chi connectivity index (χ0) is 53.3. The highest BCUT2D eigenvalue weighted by atomic mass is 16.3. The van der Waals surface area contributed by atoms with Gasteiger partial charge in [-0.2, -0.15) is 0 Å². The second kappa shape index (κ2) is 16.9. The van der Waals surface area contributed by atoms with E-state index in [1.54, 1.807) is 24.4 Å². The maximum atomic E-state index is 12.5. The minimum atomic E-state index is -2.85. The van der Waals surface area contributed by atoms with Crippen molar-refractivity contribution >= 4 is 11.0 Å². The van der Waals surface area contributed by atoms with Crippen LogP contribution >= 0.6 is 0 Å². The Bertz CT molecular complexity index is 3600. The van der Waals surface area contributed by atoms with Crippen molar-refractivity contribution in [1.82, 2.24) is 14.5 Å². The van der Waals surface area contributed by atoms with Gasteiger partial charge in [0.15, 0.2) is 0 Å². The molecule has 0 atom stereocenters. The molecule has 0 saturated heterocycles. The fraction of sp³-hybridized carbons (Fsp3) is 0.200. The fourth-order valence-electron chi connectivity index (χ4n) is 8.42. The maximum Gasteiger partial charge on any atom is 0.149 e. The summed E-state index contributed by atoms with van der Waals surface area (Å²) in [5.41, 5.74) is 10.2. The van der Waals surface area contributed by atoms with Gasteiger partial charge in [-0.1, -0.05) is 163 Å². The molecule has 2 aromatic heterocycles. The number of hydrogen-bond donors (Lipinski definition) is 1. The standard InChI is InChI=1S/C60H57N3O/c1-37(2)45-33-50(38(3)4)58(64)53(34-45)59-62-57-49(46-30-47(32-48(31-46)60(7,8)9)54-35-44(27-28-61-54)41-25-23-39(5)24-26-41)21-16-22-55(57)63(59)56-36-51(42-17-12-10-13-18-42)40(6)29-52(56)43-19-14-11-15-20-43/h10-38,64H,1-9H3/i5D3,6D3,23D,24D,25D,26D. The molecule has 7 aromatic carbocycles. The largest absolute Gasteiger partial charge is 0.507 e. The Morgan fingerprint density at radius 1 is 0.594 bits per heavy atom. The molecule has 64 heavy (non-hydrogen) atoms. The lowest BCUT2D eigenvalue weighted by Gasteiger charge is -2.22. The molecule has 0 radical (unpaired) electrons. The fourth-order valence-corrected chi connectivity index (χ4v) is 8.42. The first-order valence-corrected chi connectivity index (χ1v) is 21.8. The second-order valence-corrected chi connectivity index (χ2v) is 18.1. The molecule has 4 heteroatoms. The van der Waals surface area contributed by atoms with E-state index in [1.165, 1.54) is 0 Å². The van der Waals surface area contributed by atoms with Crippen LogP contribution in [0.25, 0.3) is 83.9 Å². The Balaban J connectivity index is 1.37. The van der Waals surface area contributed by atoms with Crippen molar-refractivity contribution in [1.29, 1.82) is 0 Å². The Kier molecular flexibility index (Phi) is 8.39. The molecule has 4 nitrogen and oxygen atoms in total. The summed E-state index contributed by atoms with van der Waals surface area (Å²) < 4.78 is 87.3. The maximum absolute atomic E-state index is 12.5. The number of phenolic OH excluding ortho intramolecular Hbond substituents is 1. The number of benzene rings is 7. The molecular formula is C60H57N3O. The van der Waals surface area contributed by atoms with Crippen molar-refractivity contribution in [3.05, 3.63) is 192 Å². The minimum Gasteiger partial charge on any atom is -0.507 e. The molecule has 0 fully saturated rings. The quantitative estimate of drug-likeness (QED) is 0.157. The molecule has 0 aliphatic carbocycles. The summed E-state index contributed by atoms with van der Waals surface area (Å²) in [5.74, 6) is 0.625. The van der Waals surface area contributed by atoms with E-state index in [-0.39, 0.29) is 34.1 Å². The van der Waals surface area contributed by atoms with Crippen LogP contribution in [0.4, 0.5) is 0 Å². The third-order valence-electron chi connectivity index (χ3n) is 12.0. The third kappa shape index (κ3) is 8.05. The monoisotopic (exact) mass is 846 g/mol. The summed E-state index contributed by atoms with van der Waals surface area (Å²) in [5, 5.41) is 12.5. The van der Waals surface area contributed by atoms with Crippen LogP contribution in [0.2, 0.25) is 0 Å². The number of rotatable bonds is 9. The number of aromatic hydroxyl groups is 1. The topological polar surface area (TPSA) is 50.9 Å². The van der Waals surface area contributed by atoms with Crippen LogP contribution in [-0.4, -0.2) is 19.6 Å². The van der Waals surface area contributed by atoms with Crippen molar-refractivity contribution in [2.45, 2.75) is 79.4 Å². The second-order valence-electron chi connectivity index (χ2n) is 18.1. The highest BCUT2D eigenvalue weighted by Crippen LogP contribution is 2.45. The number of aromatic nitrogens is 3. The molecule has 0 aliphatic rings. The zero-order valence-corrected chi connectivity index (χ0v) is 37.2. The lowest BCUT2D eigenvalue weighted by molar-refractivity contribution is 0.466. The van der Waals surface area contributed by atoms with Gasteiger partial charge in [0.25, 0.3) is 0 Å². The average Bonchev–Trinajstić information content (AvgIpc) is 3.74. The number of fused-ring (bicyclic) bond motifs is 1. The molecule has 0 aliphatic heterocycles. The van der Waals surface area contributed by atoms with E-state index in [0.29, 0.717) is 56.1 Å². The zero-order valence-electron chi connectivity index (χ0n) is 47.2. The number of nitrogens with zero attached hydrogens (tertiary/aromatic N) is 3. The van der Waals surface area contributed by atoms with E-state index < -0.39 is 43.4 Å². The molecular weight excluding hydrogens is 779 g/mol. The van der Waals surface area contributed by atoms with Crippen LogP contribution in [0.15, 0.2) is 164 Å². The molecule has 0 spiro atoms. The number of hydrogen-bond acceptors (Lipinski definition) is 3. The van der Waals surface area contributed by atoms with E-state index in [1.807, 2.05) is 103 Å². The number of aryl methyl sites for hydroxylation is 1. The summed E-state index contributed by atoms with van der Waals surface area (Å²) in [4.78, 5) is 10.3. The van der Waals surface area contributed by atoms with Crippen molar-refractivity contribution in [3.8, 4) is 78.6 Å². The molecule has 318 valence electrons. The van der Waals surface area contributed by atoms with Crippen molar-refractivity contribution < 1.29 is 18.8 Å². The minimum absolute atomic E-state index is 0.0331. The number of para-hydroxylation sites is 1. The smallest absolute Gasteiger partial charge is 0.149 e. The Morgan fingerprint density at radius 3 is 1.95 bits per heavy atom. The van der Waals surface area contributed by atoms with E-state index in [4.69, 9.17) is 23.7 Å². The summed E-state index contributed by atoms with van der Waals surface area (Å²) in [7, 11) is 0. The predicted molar refractivity (Wildman–Crippen MR) is 269 cm³/mol. The van der Waals surface area contributed by atoms with Gasteiger partial charge >= 0.3 is 0 Å². The van der Waals surface area contributed by atoms with Gasteiger partial charge in [-0.25, -0.2) is 4.98 Å². The lowest BCUT2D eigenvalue weighted by Crippen LogP contribution is -2.11. The van der Waals surface area contributed by atoms with Gasteiger partial charge in [-0.3, -0.25) is 9.55 Å². The Hall–Kier alpha value is -7.04. The van der Waals surface area contributed by atoms with Gasteiger partial charge in [0.2, 0.25) is 0 Å². The van der Waals surface area contributed by atoms with E-state index >= 15 is 0 Å². The van der Waals surface area contributed by atoms with Gasteiger partial charge in [-0.05, 0) is 135 Å². The summed E-state index contributed by atoms with van der Waals surface area (Å²) in [6, 6.07) is 40.2. The van der Waals surface area contributed by atoms with Gasteiger partial charge in [0.05, 0.1) is 33.5 Å². The molecule has 2 heterocycles. The molecule has 0 saturated carbocycles. The summed E-state index contributed by atoms with van der Waals surface area (Å²) >= 11 is 0. The molecule has 1 N–H and O–H groups in total. The van der Waals surface area contributed by atoms with Crippen LogP contribution in [-0.2, 0) is 5.41 Å². The predicted octanol–water partition coefficient (Wildman–Crippen LogP) is 16.3. The molecule has 0 amide bonds. The first kappa shape index (κ1) is 31.7. The van der Waals surface area contributed by atoms with Crippen molar-refractivity contribution in [3.63, 3.8) is 0 Å². The first-order chi connectivity index (χ1) is 34.8.